The molecule has 4 aromatic rings. The quantitative estimate of drug-likeness (QED) is 0.0570. The van der Waals surface area contributed by atoms with Gasteiger partial charge in [0.15, 0.2) is 5.78 Å². The lowest BCUT2D eigenvalue weighted by Gasteiger charge is -2.22. The fraction of sp³-hybridized carbons (Fsp3) is 0.293. The smallest absolute Gasteiger partial charge is 0.437 e. The molecule has 0 radical (unpaired) electrons. The van der Waals surface area contributed by atoms with Crippen LogP contribution in [0.25, 0.3) is 10.8 Å². The molecule has 0 saturated heterocycles. The first-order valence-electron chi connectivity index (χ1n) is 17.1. The van der Waals surface area contributed by atoms with Crippen LogP contribution in [-0.2, 0) is 20.8 Å². The third kappa shape index (κ3) is 12.4. The van der Waals surface area contributed by atoms with Crippen LogP contribution in [0.15, 0.2) is 89.9 Å². The van der Waals surface area contributed by atoms with Gasteiger partial charge in [0.2, 0.25) is 5.96 Å². The highest BCUT2D eigenvalue weighted by molar-refractivity contribution is 6.06. The standard InChI is InChI=1S/C41H44N4O9/c1-25(46)23-45(24-27-10-9-11-29(20-27)26(2)47)35(48)32-13-12-31-22-34(19-16-30(31)21-32)52-36(49)28-14-17-33(18-15-28)42-37(43-38(50)53-40(3,4)5)44-39(51)54-41(6,7)8/h9-22H,23-24H2,1-8H3,(H2,42,43,44,50,51). The summed E-state index contributed by atoms with van der Waals surface area (Å²) in [6, 6.07) is 23.1. The molecule has 0 aliphatic heterocycles. The topological polar surface area (TPSA) is 170 Å². The number of hydrogen-bond donors (Lipinski definition) is 2. The molecule has 0 atom stereocenters. The van der Waals surface area contributed by atoms with Crippen molar-refractivity contribution in [2.45, 2.75) is 73.1 Å². The minimum atomic E-state index is -0.942. The van der Waals surface area contributed by atoms with Crippen molar-refractivity contribution in [3.05, 3.63) is 107 Å². The number of Topliss-reactive ketones (excluding diaryl/α,β-unsaturated/α-hetero) is 2. The van der Waals surface area contributed by atoms with Gasteiger partial charge in [-0.25, -0.2) is 14.4 Å². The number of carbonyl (C=O) groups excluding carboxylic acids is 6. The number of benzene rings is 4. The molecule has 0 fully saturated rings. The fourth-order valence-corrected chi connectivity index (χ4v) is 5.04. The van der Waals surface area contributed by atoms with Gasteiger partial charge < -0.3 is 24.4 Å². The van der Waals surface area contributed by atoms with Crippen molar-refractivity contribution in [3.8, 4) is 5.75 Å². The Hall–Kier alpha value is -6.37. The molecule has 0 unspecified atom stereocenters. The summed E-state index contributed by atoms with van der Waals surface area (Å²) in [7, 11) is 0. The zero-order chi connectivity index (χ0) is 39.8. The van der Waals surface area contributed by atoms with Crippen molar-refractivity contribution < 1.29 is 43.0 Å². The van der Waals surface area contributed by atoms with Crippen LogP contribution in [0.5, 0.6) is 5.75 Å². The third-order valence-electron chi connectivity index (χ3n) is 7.28. The third-order valence-corrected chi connectivity index (χ3v) is 7.28. The van der Waals surface area contributed by atoms with Crippen molar-refractivity contribution >= 4 is 58.0 Å². The van der Waals surface area contributed by atoms with Gasteiger partial charge in [0.1, 0.15) is 22.7 Å². The summed E-state index contributed by atoms with van der Waals surface area (Å²) >= 11 is 0. The average molecular weight is 737 g/mol. The highest BCUT2D eigenvalue weighted by Crippen LogP contribution is 2.24. The van der Waals surface area contributed by atoms with E-state index in [-0.39, 0.29) is 47.8 Å². The van der Waals surface area contributed by atoms with E-state index in [1.54, 1.807) is 102 Å². The number of ether oxygens (including phenoxy) is 3. The fourth-order valence-electron chi connectivity index (χ4n) is 5.04. The lowest BCUT2D eigenvalue weighted by atomic mass is 10.0. The van der Waals surface area contributed by atoms with Crippen molar-refractivity contribution in [3.63, 3.8) is 0 Å². The number of ketones is 2. The predicted molar refractivity (Wildman–Crippen MR) is 204 cm³/mol. The SMILES string of the molecule is CC(=O)CN(Cc1cccc(C(C)=O)c1)C(=O)c1ccc2cc(OC(=O)c3ccc(N/C(=N\C(=O)OC(C)(C)C)NC(=O)OC(C)(C)C)cc3)ccc2c1. The second-order valence-corrected chi connectivity index (χ2v) is 14.5. The molecule has 282 valence electrons. The molecule has 4 aromatic carbocycles. The normalized spacial score (nSPS) is 11.7. The number of amides is 3. The van der Waals surface area contributed by atoms with E-state index in [0.717, 1.165) is 5.56 Å². The van der Waals surface area contributed by atoms with Crippen LogP contribution in [0.1, 0.15) is 92.0 Å². The van der Waals surface area contributed by atoms with E-state index < -0.39 is 29.4 Å². The Morgan fingerprint density at radius 1 is 0.704 bits per heavy atom. The van der Waals surface area contributed by atoms with Crippen LogP contribution < -0.4 is 15.4 Å². The number of fused-ring (bicyclic) bond motifs is 1. The molecule has 3 amide bonds. The number of esters is 1. The van der Waals surface area contributed by atoms with Gasteiger partial charge in [-0.1, -0.05) is 30.3 Å². The van der Waals surface area contributed by atoms with Gasteiger partial charge in [-0.05, 0) is 126 Å². The molecule has 4 rings (SSSR count). The molecule has 0 spiro atoms. The Balaban J connectivity index is 1.46. The first kappa shape index (κ1) is 40.4. The lowest BCUT2D eigenvalue weighted by molar-refractivity contribution is -0.117. The summed E-state index contributed by atoms with van der Waals surface area (Å²) in [6.07, 6.45) is -1.79. The van der Waals surface area contributed by atoms with Gasteiger partial charge in [-0.3, -0.25) is 19.7 Å². The highest BCUT2D eigenvalue weighted by Gasteiger charge is 2.22. The summed E-state index contributed by atoms with van der Waals surface area (Å²) in [6.45, 7) is 13.0. The van der Waals surface area contributed by atoms with Crippen LogP contribution in [0.3, 0.4) is 0 Å². The molecular formula is C41H44N4O9. The maximum absolute atomic E-state index is 13.6. The van der Waals surface area contributed by atoms with Crippen molar-refractivity contribution in [1.82, 2.24) is 10.2 Å². The van der Waals surface area contributed by atoms with Crippen molar-refractivity contribution in [2.24, 2.45) is 4.99 Å². The molecule has 0 heterocycles. The van der Waals surface area contributed by atoms with E-state index in [9.17, 15) is 28.8 Å². The van der Waals surface area contributed by atoms with Gasteiger partial charge in [-0.2, -0.15) is 0 Å². The Kier molecular flexibility index (Phi) is 12.7. The lowest BCUT2D eigenvalue weighted by Crippen LogP contribution is -2.40. The Morgan fingerprint density at radius 3 is 1.96 bits per heavy atom. The van der Waals surface area contributed by atoms with Crippen LogP contribution in [-0.4, -0.2) is 64.2 Å². The molecule has 0 aliphatic rings. The molecule has 0 aromatic heterocycles. The number of anilines is 1. The van der Waals surface area contributed by atoms with Crippen molar-refractivity contribution in [2.75, 3.05) is 11.9 Å². The number of alkyl carbamates (subject to hydrolysis) is 1. The summed E-state index contributed by atoms with van der Waals surface area (Å²) in [5.41, 5.74) is 0.580. The summed E-state index contributed by atoms with van der Waals surface area (Å²) in [4.78, 5) is 80.6. The minimum absolute atomic E-state index is 0.0973. The molecule has 0 saturated carbocycles. The number of rotatable bonds is 9. The van der Waals surface area contributed by atoms with E-state index >= 15 is 0 Å². The molecule has 0 bridgehead atoms. The van der Waals surface area contributed by atoms with Gasteiger partial charge in [0, 0.05) is 23.4 Å². The molecule has 13 nitrogen and oxygen atoms in total. The molecule has 54 heavy (non-hydrogen) atoms. The minimum Gasteiger partial charge on any atom is -0.444 e. The first-order valence-corrected chi connectivity index (χ1v) is 17.1. The molecule has 0 aliphatic carbocycles. The number of hydrogen-bond acceptors (Lipinski definition) is 9. The van der Waals surface area contributed by atoms with Gasteiger partial charge in [0.05, 0.1) is 12.1 Å². The largest absolute Gasteiger partial charge is 0.444 e. The summed E-state index contributed by atoms with van der Waals surface area (Å²) in [5.74, 6) is -1.25. The maximum Gasteiger partial charge on any atom is 0.437 e. The average Bonchev–Trinajstić information content (AvgIpc) is 3.05. The van der Waals surface area contributed by atoms with Crippen LogP contribution in [0, 0.1) is 0 Å². The van der Waals surface area contributed by atoms with E-state index in [0.29, 0.717) is 27.6 Å². The first-order chi connectivity index (χ1) is 25.2. The number of nitrogens with zero attached hydrogens (tertiary/aromatic N) is 2. The summed E-state index contributed by atoms with van der Waals surface area (Å²) < 4.78 is 16.1. The zero-order valence-corrected chi connectivity index (χ0v) is 31.6. The number of guanidine groups is 1. The van der Waals surface area contributed by atoms with E-state index in [1.807, 2.05) is 0 Å². The predicted octanol–water partition coefficient (Wildman–Crippen LogP) is 7.72. The Bertz CT molecular complexity index is 2110. The van der Waals surface area contributed by atoms with E-state index in [4.69, 9.17) is 14.2 Å². The second kappa shape index (κ2) is 17.0. The second-order valence-electron chi connectivity index (χ2n) is 14.5. The van der Waals surface area contributed by atoms with Crippen LogP contribution in [0.2, 0.25) is 0 Å². The zero-order valence-electron chi connectivity index (χ0n) is 31.6. The van der Waals surface area contributed by atoms with Gasteiger partial charge in [-0.15, -0.1) is 4.99 Å². The molecule has 2 N–H and O–H groups in total. The monoisotopic (exact) mass is 736 g/mol. The number of aliphatic imine (C=N–C) groups is 1. The Labute approximate surface area is 313 Å². The summed E-state index contributed by atoms with van der Waals surface area (Å²) in [5, 5.41) is 6.64. The maximum atomic E-state index is 13.6. The Morgan fingerprint density at radius 2 is 1.33 bits per heavy atom. The van der Waals surface area contributed by atoms with E-state index in [1.165, 1.54) is 43.0 Å². The number of nitrogens with one attached hydrogen (secondary N) is 2. The van der Waals surface area contributed by atoms with Crippen LogP contribution in [0.4, 0.5) is 15.3 Å². The van der Waals surface area contributed by atoms with Crippen molar-refractivity contribution in [1.29, 1.82) is 0 Å². The molecule has 13 heteroatoms. The number of carbonyl (C=O) groups is 6. The van der Waals surface area contributed by atoms with Gasteiger partial charge in [0.25, 0.3) is 5.91 Å². The van der Waals surface area contributed by atoms with Gasteiger partial charge >= 0.3 is 18.2 Å². The van der Waals surface area contributed by atoms with E-state index in [2.05, 4.69) is 15.6 Å². The highest BCUT2D eigenvalue weighted by atomic mass is 16.6. The molecular weight excluding hydrogens is 692 g/mol. The van der Waals surface area contributed by atoms with Crippen LogP contribution >= 0.6 is 0 Å².